The van der Waals surface area contributed by atoms with E-state index in [0.717, 1.165) is 0 Å². The van der Waals surface area contributed by atoms with Crippen molar-refractivity contribution in [2.45, 2.75) is 112 Å². The molecule has 0 amide bonds. The molecule has 4 rings (SSSR count). The van der Waals surface area contributed by atoms with Gasteiger partial charge in [-0.3, -0.25) is 14.4 Å². The lowest BCUT2D eigenvalue weighted by Gasteiger charge is -2.62. The second kappa shape index (κ2) is 8.99. The molecule has 0 heterocycles. The fourth-order valence-electron chi connectivity index (χ4n) is 9.39. The van der Waals surface area contributed by atoms with Gasteiger partial charge in [0.05, 0.1) is 24.2 Å². The predicted octanol–water partition coefficient (Wildman–Crippen LogP) is 3.92. The van der Waals surface area contributed by atoms with E-state index < -0.39 is 51.9 Å². The molecule has 0 aliphatic heterocycles. The van der Waals surface area contributed by atoms with Crippen LogP contribution in [0.1, 0.15) is 93.4 Å². The minimum absolute atomic E-state index is 0.0190. The van der Waals surface area contributed by atoms with Crippen LogP contribution < -0.4 is 0 Å². The van der Waals surface area contributed by atoms with Crippen molar-refractivity contribution in [2.24, 2.45) is 45.3 Å². The summed E-state index contributed by atoms with van der Waals surface area (Å²) in [5.74, 6) is -2.17. The van der Waals surface area contributed by atoms with Crippen LogP contribution in [0.2, 0.25) is 0 Å². The summed E-state index contributed by atoms with van der Waals surface area (Å²) in [6, 6.07) is 0. The van der Waals surface area contributed by atoms with Crippen molar-refractivity contribution in [1.29, 1.82) is 0 Å². The quantitative estimate of drug-likeness (QED) is 0.419. The Morgan fingerprint density at radius 3 is 2.19 bits per heavy atom. The number of rotatable bonds is 6. The van der Waals surface area contributed by atoms with Crippen molar-refractivity contribution < 1.29 is 34.8 Å². The van der Waals surface area contributed by atoms with Crippen LogP contribution in [0.15, 0.2) is 11.1 Å². The van der Waals surface area contributed by atoms with Crippen LogP contribution >= 0.6 is 0 Å². The Morgan fingerprint density at radius 1 is 0.973 bits per heavy atom. The highest BCUT2D eigenvalue weighted by molar-refractivity contribution is 6.00. The molecule has 4 aliphatic rings. The number of Topliss-reactive ketones (excluding diaryl/α,β-unsaturated/α-hetero) is 2. The fraction of sp³-hybridized carbons (Fsp3) is 0.833. The maximum absolute atomic E-state index is 14.1. The van der Waals surface area contributed by atoms with Gasteiger partial charge in [-0.05, 0) is 65.3 Å². The topological polar surface area (TPSA) is 132 Å². The number of carboxylic acid groups (broad SMARTS) is 1. The SMILES string of the molecule is CC(CC(=O)C[C@@H](C)[C@H]1C[C@H](O)[C@@]2(C)C3=C(C(=O)C[C@]12C)[C@@]1(C)CC[C@H](O)C(C)(C)[C@@H]1C[C@@H]3O)C(=O)O. The molecule has 0 radical (unpaired) electrons. The lowest BCUT2D eigenvalue weighted by molar-refractivity contribution is -0.143. The second-order valence-corrected chi connectivity index (χ2v) is 14.1. The number of allylic oxidation sites excluding steroid dienone is 1. The average Bonchev–Trinajstić information content (AvgIpc) is 2.99. The van der Waals surface area contributed by atoms with E-state index in [2.05, 4.69) is 6.92 Å². The van der Waals surface area contributed by atoms with E-state index in [1.165, 1.54) is 6.92 Å². The summed E-state index contributed by atoms with van der Waals surface area (Å²) in [4.78, 5) is 38.0. The summed E-state index contributed by atoms with van der Waals surface area (Å²) in [5.41, 5.74) is -1.03. The highest BCUT2D eigenvalue weighted by Crippen LogP contribution is 2.71. The number of carboxylic acids is 1. The molecule has 208 valence electrons. The largest absolute Gasteiger partial charge is 0.481 e. The van der Waals surface area contributed by atoms with Crippen molar-refractivity contribution in [3.8, 4) is 0 Å². The number of hydrogen-bond acceptors (Lipinski definition) is 6. The first-order valence-electron chi connectivity index (χ1n) is 14.0. The third kappa shape index (κ3) is 3.89. The van der Waals surface area contributed by atoms with Crippen molar-refractivity contribution in [3.05, 3.63) is 11.1 Å². The Hall–Kier alpha value is -1.57. The summed E-state index contributed by atoms with van der Waals surface area (Å²) in [6.45, 7) is 13.7. The molecule has 0 aromatic carbocycles. The monoisotopic (exact) mass is 518 g/mol. The summed E-state index contributed by atoms with van der Waals surface area (Å²) >= 11 is 0. The van der Waals surface area contributed by atoms with Gasteiger partial charge in [-0.2, -0.15) is 0 Å². The van der Waals surface area contributed by atoms with Crippen molar-refractivity contribution in [2.75, 3.05) is 0 Å². The van der Waals surface area contributed by atoms with Crippen LogP contribution in [-0.2, 0) is 14.4 Å². The maximum atomic E-state index is 14.1. The molecule has 7 nitrogen and oxygen atoms in total. The van der Waals surface area contributed by atoms with Gasteiger partial charge in [0.1, 0.15) is 5.78 Å². The Kier molecular flexibility index (Phi) is 6.91. The smallest absolute Gasteiger partial charge is 0.306 e. The van der Waals surface area contributed by atoms with Gasteiger partial charge in [-0.15, -0.1) is 0 Å². The van der Waals surface area contributed by atoms with Gasteiger partial charge in [0.25, 0.3) is 0 Å². The van der Waals surface area contributed by atoms with E-state index in [0.29, 0.717) is 36.8 Å². The number of fused-ring (bicyclic) bond motifs is 4. The molecule has 4 aliphatic carbocycles. The second-order valence-electron chi connectivity index (χ2n) is 14.1. The lowest BCUT2D eigenvalue weighted by atomic mass is 9.42. The summed E-state index contributed by atoms with van der Waals surface area (Å²) in [6.07, 6.45) is 0.391. The van der Waals surface area contributed by atoms with Gasteiger partial charge in [-0.1, -0.05) is 48.5 Å². The third-order valence-electron chi connectivity index (χ3n) is 11.8. The molecule has 2 saturated carbocycles. The molecule has 0 aromatic heterocycles. The van der Waals surface area contributed by atoms with Gasteiger partial charge in [0.2, 0.25) is 0 Å². The number of carbonyl (C=O) groups excluding carboxylic acids is 2. The van der Waals surface area contributed by atoms with E-state index in [1.54, 1.807) is 0 Å². The zero-order chi connectivity index (χ0) is 27.9. The number of carbonyl (C=O) groups is 3. The van der Waals surface area contributed by atoms with Gasteiger partial charge in [0.15, 0.2) is 5.78 Å². The standard InChI is InChI=1S/C30H46O7/c1-15(10-17(31)11-16(2)26(36)37)18-12-23(35)30(7)25-19(32)13-21-27(3,4)22(34)8-9-28(21,5)24(25)20(33)14-29(18,30)6/h15-16,18-19,21-23,32,34-35H,8-14H2,1-7H3,(H,36,37)/t15-,16?,18-,19+,21+,22+,23+,28+,29-,30+/m1/s1. The molecule has 7 heteroatoms. The summed E-state index contributed by atoms with van der Waals surface area (Å²) < 4.78 is 0. The molecule has 4 N–H and O–H groups in total. The normalized spacial score (nSPS) is 44.5. The zero-order valence-electron chi connectivity index (χ0n) is 23.5. The van der Waals surface area contributed by atoms with Crippen LogP contribution in [0.4, 0.5) is 0 Å². The van der Waals surface area contributed by atoms with Crippen molar-refractivity contribution in [3.63, 3.8) is 0 Å². The Balaban J connectivity index is 1.74. The van der Waals surface area contributed by atoms with E-state index in [4.69, 9.17) is 0 Å². The van der Waals surface area contributed by atoms with Crippen LogP contribution in [0.25, 0.3) is 0 Å². The van der Waals surface area contributed by atoms with E-state index in [-0.39, 0.29) is 48.6 Å². The first kappa shape index (κ1) is 28.4. The van der Waals surface area contributed by atoms with Crippen LogP contribution in [0, 0.1) is 45.3 Å². The molecule has 1 unspecified atom stereocenters. The number of aliphatic hydroxyl groups is 3. The Morgan fingerprint density at radius 2 is 1.59 bits per heavy atom. The predicted molar refractivity (Wildman–Crippen MR) is 138 cm³/mol. The lowest BCUT2D eigenvalue weighted by Crippen LogP contribution is -2.61. The molecule has 0 bridgehead atoms. The van der Waals surface area contributed by atoms with Gasteiger partial charge in [0, 0.05) is 30.3 Å². The molecular weight excluding hydrogens is 472 g/mol. The van der Waals surface area contributed by atoms with Crippen LogP contribution in [-0.4, -0.2) is 56.3 Å². The highest BCUT2D eigenvalue weighted by atomic mass is 16.4. The fourth-order valence-corrected chi connectivity index (χ4v) is 9.39. The Bertz CT molecular complexity index is 1030. The summed E-state index contributed by atoms with van der Waals surface area (Å²) in [5, 5.41) is 43.3. The molecular formula is C30H46O7. The average molecular weight is 519 g/mol. The molecule has 0 spiro atoms. The van der Waals surface area contributed by atoms with Gasteiger partial charge in [-0.25, -0.2) is 0 Å². The number of aliphatic carboxylic acids is 1. The van der Waals surface area contributed by atoms with E-state index in [9.17, 15) is 34.8 Å². The first-order valence-corrected chi connectivity index (χ1v) is 14.0. The molecule has 2 fully saturated rings. The van der Waals surface area contributed by atoms with Crippen LogP contribution in [0.3, 0.4) is 0 Å². The van der Waals surface area contributed by atoms with Gasteiger partial charge < -0.3 is 20.4 Å². The van der Waals surface area contributed by atoms with Crippen molar-refractivity contribution >= 4 is 17.5 Å². The van der Waals surface area contributed by atoms with E-state index in [1.807, 2.05) is 34.6 Å². The molecule has 0 aromatic rings. The maximum Gasteiger partial charge on any atom is 0.306 e. The number of aliphatic hydroxyl groups excluding tert-OH is 3. The Labute approximate surface area is 220 Å². The molecule has 0 saturated heterocycles. The first-order chi connectivity index (χ1) is 16.9. The van der Waals surface area contributed by atoms with Crippen molar-refractivity contribution in [1.82, 2.24) is 0 Å². The molecule has 10 atom stereocenters. The van der Waals surface area contributed by atoms with E-state index >= 15 is 0 Å². The van der Waals surface area contributed by atoms with Crippen LogP contribution in [0.5, 0.6) is 0 Å². The highest BCUT2D eigenvalue weighted by Gasteiger charge is 2.70. The number of hydrogen-bond donors (Lipinski definition) is 4. The minimum Gasteiger partial charge on any atom is -0.481 e. The number of ketones is 2. The molecule has 37 heavy (non-hydrogen) atoms. The van der Waals surface area contributed by atoms with Gasteiger partial charge >= 0.3 is 5.97 Å². The minimum atomic E-state index is -0.995. The third-order valence-corrected chi connectivity index (χ3v) is 11.8. The summed E-state index contributed by atoms with van der Waals surface area (Å²) in [7, 11) is 0. The zero-order valence-corrected chi connectivity index (χ0v) is 23.5.